The number of hydrogen-bond acceptors (Lipinski definition) is 10. The van der Waals surface area contributed by atoms with Crippen LogP contribution in [0.2, 0.25) is 0 Å². The number of rotatable bonds is 22. The first kappa shape index (κ1) is 45.3. The fourth-order valence-corrected chi connectivity index (χ4v) is 7.98. The standard InChI is InChI=1S/C51H64N4O6/c1-52-27-31-54(32-28-52)25-11-35-60-45-21-17-41(37-47(45)58-3)19-23-49(56)51(39-43-13-7-5-8-14-43,40-44-15-9-6-10-16-44)50(57)24-20-42-18-22-46(48(38-42)59-4)61-36-12-26-55-33-29-53(2)30-34-55/h5-10,13-24,37-38H,11-12,25-36,39-40H2,1-4H3/b23-19-,24-20+. The Hall–Kier alpha value is -5.26. The molecule has 4 aromatic carbocycles. The third-order valence-electron chi connectivity index (χ3n) is 11.8. The molecule has 0 unspecified atom stereocenters. The Morgan fingerprint density at radius 3 is 1.31 bits per heavy atom. The summed E-state index contributed by atoms with van der Waals surface area (Å²) >= 11 is 0. The predicted octanol–water partition coefficient (Wildman–Crippen LogP) is 7.07. The summed E-state index contributed by atoms with van der Waals surface area (Å²) in [5, 5.41) is 0. The zero-order valence-corrected chi connectivity index (χ0v) is 36.6. The van der Waals surface area contributed by atoms with E-state index in [0.717, 1.165) is 101 Å². The van der Waals surface area contributed by atoms with E-state index in [1.165, 1.54) is 0 Å². The second-order valence-corrected chi connectivity index (χ2v) is 16.3. The van der Waals surface area contributed by atoms with Gasteiger partial charge in [-0.25, -0.2) is 0 Å². The molecule has 2 heterocycles. The van der Waals surface area contributed by atoms with Gasteiger partial charge in [0, 0.05) is 65.4 Å². The Morgan fingerprint density at radius 2 is 0.934 bits per heavy atom. The van der Waals surface area contributed by atoms with Crippen molar-refractivity contribution in [2.75, 3.05) is 107 Å². The highest BCUT2D eigenvalue weighted by Gasteiger charge is 2.43. The zero-order chi connectivity index (χ0) is 42.9. The second-order valence-electron chi connectivity index (χ2n) is 16.3. The molecule has 10 heteroatoms. The lowest BCUT2D eigenvalue weighted by atomic mass is 9.69. The number of benzene rings is 4. The van der Waals surface area contributed by atoms with Gasteiger partial charge >= 0.3 is 0 Å². The van der Waals surface area contributed by atoms with Crippen LogP contribution >= 0.6 is 0 Å². The van der Waals surface area contributed by atoms with E-state index in [9.17, 15) is 9.59 Å². The van der Waals surface area contributed by atoms with Gasteiger partial charge in [0.1, 0.15) is 5.41 Å². The highest BCUT2D eigenvalue weighted by atomic mass is 16.5. The van der Waals surface area contributed by atoms with Crippen LogP contribution in [-0.4, -0.2) is 138 Å². The minimum atomic E-state index is -1.43. The lowest BCUT2D eigenvalue weighted by Crippen LogP contribution is -2.44. The summed E-state index contributed by atoms with van der Waals surface area (Å²) in [6, 6.07) is 30.8. The van der Waals surface area contributed by atoms with E-state index < -0.39 is 5.41 Å². The molecule has 0 saturated carbocycles. The molecule has 324 valence electrons. The summed E-state index contributed by atoms with van der Waals surface area (Å²) in [4.78, 5) is 39.2. The monoisotopic (exact) mass is 828 g/mol. The van der Waals surface area contributed by atoms with Crippen molar-refractivity contribution in [3.8, 4) is 23.0 Å². The smallest absolute Gasteiger partial charge is 0.170 e. The molecule has 0 bridgehead atoms. The van der Waals surface area contributed by atoms with E-state index in [1.54, 1.807) is 38.5 Å². The average molecular weight is 829 g/mol. The van der Waals surface area contributed by atoms with Gasteiger partial charge in [0.05, 0.1) is 27.4 Å². The quantitative estimate of drug-likeness (QED) is 0.0466. The van der Waals surface area contributed by atoms with Crippen molar-refractivity contribution in [3.05, 3.63) is 131 Å². The molecule has 6 rings (SSSR count). The van der Waals surface area contributed by atoms with Gasteiger partial charge in [-0.3, -0.25) is 9.59 Å². The zero-order valence-electron chi connectivity index (χ0n) is 36.6. The van der Waals surface area contributed by atoms with Gasteiger partial charge in [0.2, 0.25) is 0 Å². The van der Waals surface area contributed by atoms with Crippen molar-refractivity contribution in [2.45, 2.75) is 25.7 Å². The number of ether oxygens (including phenoxy) is 4. The van der Waals surface area contributed by atoms with Crippen molar-refractivity contribution < 1.29 is 28.5 Å². The van der Waals surface area contributed by atoms with Gasteiger partial charge in [-0.2, -0.15) is 0 Å². The van der Waals surface area contributed by atoms with Crippen LogP contribution in [0.3, 0.4) is 0 Å². The molecule has 2 saturated heterocycles. The van der Waals surface area contributed by atoms with Crippen LogP contribution in [0, 0.1) is 5.41 Å². The number of ketones is 2. The summed E-state index contributed by atoms with van der Waals surface area (Å²) < 4.78 is 23.7. The summed E-state index contributed by atoms with van der Waals surface area (Å²) in [6.07, 6.45) is 8.90. The number of carbonyl (C=O) groups is 2. The molecule has 2 aliphatic rings. The van der Waals surface area contributed by atoms with Crippen LogP contribution in [0.4, 0.5) is 0 Å². The highest BCUT2D eigenvalue weighted by molar-refractivity contribution is 6.17. The SMILES string of the molecule is COc1cc(/C=C\C(=O)C(Cc2ccccc2)(Cc2ccccc2)C(=O)/C=C/c2ccc(OCCCN3CCN(C)CC3)c(OC)c2)ccc1OCCCN1CCN(C)CC1. The molecule has 0 atom stereocenters. The summed E-state index contributed by atoms with van der Waals surface area (Å²) in [5.74, 6) is 1.93. The highest BCUT2D eigenvalue weighted by Crippen LogP contribution is 2.35. The summed E-state index contributed by atoms with van der Waals surface area (Å²) in [7, 11) is 7.57. The largest absolute Gasteiger partial charge is 0.493 e. The molecular weight excluding hydrogens is 765 g/mol. The number of carbonyl (C=O) groups excluding carboxylic acids is 2. The minimum absolute atomic E-state index is 0.226. The Labute approximate surface area is 363 Å². The molecule has 0 spiro atoms. The molecule has 61 heavy (non-hydrogen) atoms. The van der Waals surface area contributed by atoms with Crippen LogP contribution in [0.15, 0.2) is 109 Å². The Morgan fingerprint density at radius 1 is 0.541 bits per heavy atom. The van der Waals surface area contributed by atoms with Gasteiger partial charge in [0.15, 0.2) is 34.6 Å². The van der Waals surface area contributed by atoms with Gasteiger partial charge < -0.3 is 38.5 Å². The Balaban J connectivity index is 1.18. The number of hydrogen-bond donors (Lipinski definition) is 0. The Bertz CT molecular complexity index is 1890. The summed E-state index contributed by atoms with van der Waals surface area (Å²) in [5.41, 5.74) is 1.89. The van der Waals surface area contributed by atoms with E-state index in [4.69, 9.17) is 18.9 Å². The van der Waals surface area contributed by atoms with Crippen molar-refractivity contribution in [1.29, 1.82) is 0 Å². The van der Waals surface area contributed by atoms with Crippen LogP contribution in [0.25, 0.3) is 12.2 Å². The molecule has 4 aromatic rings. The maximum atomic E-state index is 14.8. The molecule has 0 aliphatic carbocycles. The first-order valence-electron chi connectivity index (χ1n) is 21.7. The predicted molar refractivity (Wildman–Crippen MR) is 245 cm³/mol. The van der Waals surface area contributed by atoms with Gasteiger partial charge in [-0.05, 0) is 98.4 Å². The molecule has 0 amide bonds. The summed E-state index contributed by atoms with van der Waals surface area (Å²) in [6.45, 7) is 11.8. The van der Waals surface area contributed by atoms with Crippen molar-refractivity contribution in [1.82, 2.24) is 19.6 Å². The molecule has 10 nitrogen and oxygen atoms in total. The van der Waals surface area contributed by atoms with Crippen LogP contribution < -0.4 is 18.9 Å². The number of allylic oxidation sites excluding steroid dienone is 2. The first-order chi connectivity index (χ1) is 29.7. The lowest BCUT2D eigenvalue weighted by molar-refractivity contribution is -0.135. The van der Waals surface area contributed by atoms with E-state index in [2.05, 4.69) is 33.7 Å². The van der Waals surface area contributed by atoms with Crippen molar-refractivity contribution in [3.63, 3.8) is 0 Å². The maximum absolute atomic E-state index is 14.8. The fourth-order valence-electron chi connectivity index (χ4n) is 7.98. The molecule has 2 fully saturated rings. The number of nitrogens with zero attached hydrogens (tertiary/aromatic N) is 4. The van der Waals surface area contributed by atoms with Gasteiger partial charge in [-0.1, -0.05) is 84.9 Å². The van der Waals surface area contributed by atoms with Crippen LogP contribution in [-0.2, 0) is 22.4 Å². The molecule has 0 N–H and O–H groups in total. The van der Waals surface area contributed by atoms with Crippen LogP contribution in [0.5, 0.6) is 23.0 Å². The van der Waals surface area contributed by atoms with E-state index in [-0.39, 0.29) is 24.4 Å². The lowest BCUT2D eigenvalue weighted by Gasteiger charge is -2.32. The first-order valence-corrected chi connectivity index (χ1v) is 21.7. The van der Waals surface area contributed by atoms with Crippen molar-refractivity contribution >= 4 is 23.7 Å². The number of likely N-dealkylation sites (N-methyl/N-ethyl adjacent to an activating group) is 2. The van der Waals surface area contributed by atoms with Gasteiger partial charge in [0.25, 0.3) is 0 Å². The second kappa shape index (κ2) is 23.1. The number of methoxy groups -OCH3 is 2. The fraction of sp³-hybridized carbons (Fsp3) is 0.412. The van der Waals surface area contributed by atoms with Crippen LogP contribution in [0.1, 0.15) is 35.1 Å². The molecular formula is C51H64N4O6. The molecule has 0 aromatic heterocycles. The number of piperazine rings is 2. The molecule has 0 radical (unpaired) electrons. The van der Waals surface area contributed by atoms with Crippen molar-refractivity contribution in [2.24, 2.45) is 5.41 Å². The minimum Gasteiger partial charge on any atom is -0.493 e. The van der Waals surface area contributed by atoms with Gasteiger partial charge in [-0.15, -0.1) is 0 Å². The Kier molecular flexibility index (Phi) is 17.1. The third-order valence-corrected chi connectivity index (χ3v) is 11.8. The average Bonchev–Trinajstić information content (AvgIpc) is 3.29. The van der Waals surface area contributed by atoms with E-state index in [0.29, 0.717) is 36.2 Å². The maximum Gasteiger partial charge on any atom is 0.170 e. The topological polar surface area (TPSA) is 84.0 Å². The molecule has 2 aliphatic heterocycles. The van der Waals surface area contributed by atoms with E-state index >= 15 is 0 Å². The normalized spacial score (nSPS) is 15.9. The third kappa shape index (κ3) is 13.4. The van der Waals surface area contributed by atoms with E-state index in [1.807, 2.05) is 97.1 Å².